The van der Waals surface area contributed by atoms with E-state index in [1.165, 1.54) is 0 Å². The van der Waals surface area contributed by atoms with E-state index in [0.29, 0.717) is 50.8 Å². The van der Waals surface area contributed by atoms with Crippen LogP contribution in [0.4, 0.5) is 5.69 Å². The number of piperidine rings is 1. The molecule has 1 aliphatic rings. The maximum Gasteiger partial charge on any atom is 0.329 e. The molecule has 1 fully saturated rings. The maximum absolute atomic E-state index is 13.3. The third-order valence-corrected chi connectivity index (χ3v) is 8.60. The number of aromatic nitrogens is 4. The second-order valence-electron chi connectivity index (χ2n) is 12.5. The molecule has 1 amide bonds. The van der Waals surface area contributed by atoms with Gasteiger partial charge in [-0.15, -0.1) is 10.2 Å². The smallest absolute Gasteiger partial charge is 0.329 e. The average Bonchev–Trinajstić information content (AvgIpc) is 3.64. The molecular weight excluding hydrogens is 638 g/mol. The minimum absolute atomic E-state index is 0.160. The van der Waals surface area contributed by atoms with Crippen molar-refractivity contribution in [3.8, 4) is 17.1 Å². The van der Waals surface area contributed by atoms with Gasteiger partial charge >= 0.3 is 5.97 Å². The molecule has 13 heteroatoms. The zero-order valence-electron chi connectivity index (χ0n) is 28.6. The van der Waals surface area contributed by atoms with Crippen LogP contribution in [0.2, 0.25) is 0 Å². The molecule has 4 aromatic rings. The predicted molar refractivity (Wildman–Crippen MR) is 189 cm³/mol. The first-order valence-corrected chi connectivity index (χ1v) is 17.2. The molecule has 0 aliphatic carbocycles. The molecule has 13 nitrogen and oxygen atoms in total. The van der Waals surface area contributed by atoms with E-state index in [1.807, 2.05) is 60.7 Å². The van der Waals surface area contributed by atoms with Gasteiger partial charge in [0.25, 0.3) is 5.91 Å². The molecule has 4 N–H and O–H groups in total. The van der Waals surface area contributed by atoms with Crippen molar-refractivity contribution in [3.05, 3.63) is 90.0 Å². The van der Waals surface area contributed by atoms with Crippen LogP contribution in [0, 0.1) is 0 Å². The van der Waals surface area contributed by atoms with Crippen molar-refractivity contribution >= 4 is 17.6 Å². The molecule has 0 radical (unpaired) electrons. The van der Waals surface area contributed by atoms with E-state index in [2.05, 4.69) is 42.7 Å². The first kappa shape index (κ1) is 36.4. The summed E-state index contributed by atoms with van der Waals surface area (Å²) >= 11 is 0. The number of benzene rings is 2. The number of aromatic amines is 1. The number of ether oxygens (including phenoxy) is 3. The van der Waals surface area contributed by atoms with Gasteiger partial charge in [0, 0.05) is 68.7 Å². The Morgan fingerprint density at radius 3 is 2.48 bits per heavy atom. The molecule has 0 saturated carbocycles. The van der Waals surface area contributed by atoms with Crippen LogP contribution in [0.5, 0.6) is 5.75 Å². The van der Waals surface area contributed by atoms with Gasteiger partial charge in [0.1, 0.15) is 12.4 Å². The summed E-state index contributed by atoms with van der Waals surface area (Å²) in [5.74, 6) is 1.12. The summed E-state index contributed by atoms with van der Waals surface area (Å²) in [6.45, 7) is 4.08. The average molecular weight is 686 g/mol. The lowest BCUT2D eigenvalue weighted by molar-refractivity contribution is -0.142. The van der Waals surface area contributed by atoms with Crippen molar-refractivity contribution in [2.45, 2.75) is 50.6 Å². The summed E-state index contributed by atoms with van der Waals surface area (Å²) in [5.41, 5.74) is 2.82. The van der Waals surface area contributed by atoms with Crippen LogP contribution in [0.3, 0.4) is 0 Å². The van der Waals surface area contributed by atoms with E-state index < -0.39 is 11.5 Å². The molecule has 0 atom stereocenters. The minimum Gasteiger partial charge on any atom is -0.494 e. The number of nitrogens with zero attached hydrogens (tertiary/aromatic N) is 4. The second-order valence-corrected chi connectivity index (χ2v) is 12.5. The van der Waals surface area contributed by atoms with Crippen molar-refractivity contribution in [1.29, 1.82) is 0 Å². The quantitative estimate of drug-likeness (QED) is 0.0937. The largest absolute Gasteiger partial charge is 0.494 e. The van der Waals surface area contributed by atoms with Gasteiger partial charge < -0.3 is 39.8 Å². The summed E-state index contributed by atoms with van der Waals surface area (Å²) in [4.78, 5) is 33.5. The third kappa shape index (κ3) is 11.1. The highest BCUT2D eigenvalue weighted by Crippen LogP contribution is 2.35. The number of carboxylic acids is 1. The lowest BCUT2D eigenvalue weighted by Gasteiger charge is -2.40. The van der Waals surface area contributed by atoms with E-state index >= 15 is 0 Å². The summed E-state index contributed by atoms with van der Waals surface area (Å²) < 4.78 is 16.5. The third-order valence-electron chi connectivity index (χ3n) is 8.60. The predicted octanol–water partition coefficient (Wildman–Crippen LogP) is 4.89. The Bertz CT molecular complexity index is 1640. The van der Waals surface area contributed by atoms with E-state index in [1.54, 1.807) is 12.4 Å². The number of aliphatic carboxylic acids is 1. The number of hydrogen-bond donors (Lipinski definition) is 4. The number of amides is 1. The Kier molecular flexibility index (Phi) is 13.7. The van der Waals surface area contributed by atoms with Crippen LogP contribution in [-0.2, 0) is 26.4 Å². The van der Waals surface area contributed by atoms with Crippen molar-refractivity contribution in [2.75, 3.05) is 58.5 Å². The number of unbranched alkanes of at least 4 members (excludes halogenated alkanes) is 2. The number of likely N-dealkylation sites (tertiary alicyclic amines) is 1. The van der Waals surface area contributed by atoms with Crippen LogP contribution in [-0.4, -0.2) is 95.2 Å². The molecular formula is C37H47N7O6. The van der Waals surface area contributed by atoms with Gasteiger partial charge in [-0.1, -0.05) is 18.2 Å². The highest BCUT2D eigenvalue weighted by Gasteiger charge is 2.39. The zero-order valence-corrected chi connectivity index (χ0v) is 28.6. The van der Waals surface area contributed by atoms with Gasteiger partial charge in [-0.2, -0.15) is 0 Å². The normalized spacial score (nSPS) is 14.3. The molecule has 0 spiro atoms. The van der Waals surface area contributed by atoms with Crippen molar-refractivity contribution in [3.63, 3.8) is 0 Å². The van der Waals surface area contributed by atoms with Gasteiger partial charge in [0.2, 0.25) is 0 Å². The Morgan fingerprint density at radius 2 is 1.66 bits per heavy atom. The summed E-state index contributed by atoms with van der Waals surface area (Å²) in [5, 5.41) is 24.3. The van der Waals surface area contributed by atoms with E-state index in [4.69, 9.17) is 19.3 Å². The highest BCUT2D eigenvalue weighted by molar-refractivity contribution is 5.95. The Hall–Kier alpha value is -4.85. The second kappa shape index (κ2) is 18.8. The number of carbonyl (C=O) groups is 2. The molecule has 1 saturated heterocycles. The van der Waals surface area contributed by atoms with E-state index in [-0.39, 0.29) is 12.5 Å². The maximum atomic E-state index is 13.3. The fourth-order valence-electron chi connectivity index (χ4n) is 5.78. The Labute approximate surface area is 292 Å². The van der Waals surface area contributed by atoms with Crippen LogP contribution in [0.15, 0.2) is 73.1 Å². The molecule has 50 heavy (non-hydrogen) atoms. The summed E-state index contributed by atoms with van der Waals surface area (Å²) in [6.07, 6.45) is 8.60. The SMILES string of the molecule is CN1CCC(Nc2cccc(C(=O)NCc3cccc(OCCCCCOCCCOCC(=O)O)c3)c2)(c2nnc(-c3ccncc3)[nH]2)CC1. The summed E-state index contributed by atoms with van der Waals surface area (Å²) in [7, 11) is 2.12. The zero-order chi connectivity index (χ0) is 35.0. The number of H-pyrrole nitrogens is 1. The van der Waals surface area contributed by atoms with Crippen LogP contribution in [0.1, 0.15) is 60.3 Å². The van der Waals surface area contributed by atoms with Gasteiger partial charge in [0.05, 0.1) is 12.1 Å². The number of hydrogen-bond acceptors (Lipinski definition) is 10. The monoisotopic (exact) mass is 685 g/mol. The standard InChI is InChI=1S/C37H47N7O6/c1-44-18-14-37(15-19-44,36-40-34(42-43-36)29-12-16-38-17-13-29)41-31-10-6-9-30(25-31)35(47)39-26-28-8-5-11-32(24-28)50-23-4-2-3-20-48-21-7-22-49-27-33(45)46/h5-6,8-13,16-17,24-25,41H,2-4,7,14-15,18-23,26-27H2,1H3,(H,39,47)(H,45,46)(H,40,42,43). The van der Waals surface area contributed by atoms with E-state index in [0.717, 1.165) is 73.6 Å². The number of rotatable bonds is 20. The molecule has 5 rings (SSSR count). The Balaban J connectivity index is 1.07. The summed E-state index contributed by atoms with van der Waals surface area (Å²) in [6, 6.07) is 19.2. The fourth-order valence-corrected chi connectivity index (χ4v) is 5.78. The van der Waals surface area contributed by atoms with Crippen LogP contribution < -0.4 is 15.4 Å². The molecule has 0 bridgehead atoms. The minimum atomic E-state index is -0.962. The van der Waals surface area contributed by atoms with Gasteiger partial charge in [-0.25, -0.2) is 4.79 Å². The molecule has 266 valence electrons. The molecule has 0 unspecified atom stereocenters. The van der Waals surface area contributed by atoms with Crippen LogP contribution in [0.25, 0.3) is 11.4 Å². The van der Waals surface area contributed by atoms with Gasteiger partial charge in [-0.3, -0.25) is 9.78 Å². The molecule has 2 aromatic carbocycles. The van der Waals surface area contributed by atoms with Crippen molar-refractivity contribution in [2.24, 2.45) is 0 Å². The number of carboxylic acid groups (broad SMARTS) is 1. The highest BCUT2D eigenvalue weighted by atomic mass is 16.5. The van der Waals surface area contributed by atoms with Gasteiger partial charge in [0.15, 0.2) is 11.6 Å². The lowest BCUT2D eigenvalue weighted by atomic mass is 9.86. The first-order chi connectivity index (χ1) is 24.4. The van der Waals surface area contributed by atoms with Crippen molar-refractivity contribution < 1.29 is 28.9 Å². The molecule has 3 heterocycles. The van der Waals surface area contributed by atoms with Crippen molar-refractivity contribution in [1.82, 2.24) is 30.4 Å². The molecule has 2 aromatic heterocycles. The number of anilines is 1. The lowest BCUT2D eigenvalue weighted by Crippen LogP contribution is -2.46. The van der Waals surface area contributed by atoms with E-state index in [9.17, 15) is 9.59 Å². The van der Waals surface area contributed by atoms with Gasteiger partial charge in [-0.05, 0) is 93.6 Å². The van der Waals surface area contributed by atoms with Crippen LogP contribution >= 0.6 is 0 Å². The molecule has 1 aliphatic heterocycles. The Morgan fingerprint density at radius 1 is 0.900 bits per heavy atom. The number of carbonyl (C=O) groups excluding carboxylic acids is 1. The number of nitrogens with one attached hydrogen (secondary N) is 3. The fraction of sp³-hybridized carbons (Fsp3) is 0.432. The first-order valence-electron chi connectivity index (χ1n) is 17.2. The number of pyridine rings is 1. The topological polar surface area (TPSA) is 164 Å².